The van der Waals surface area contributed by atoms with Crippen LogP contribution in [0.25, 0.3) is 0 Å². The SMILES string of the molecule is CCC=C(C)C(=O)OC(O)(CS(=O)[O-])S(=O)[O-]. The van der Waals surface area contributed by atoms with Gasteiger partial charge in [-0.05, 0) is 24.4 Å². The Hall–Kier alpha value is -0.610. The van der Waals surface area contributed by atoms with Gasteiger partial charge < -0.3 is 18.9 Å². The molecule has 0 bridgehead atoms. The molecule has 1 N–H and O–H groups in total. The Labute approximate surface area is 103 Å². The lowest BCUT2D eigenvalue weighted by atomic mass is 10.2. The molecule has 0 aromatic rings. The summed E-state index contributed by atoms with van der Waals surface area (Å²) in [6.45, 7) is 3.09. The van der Waals surface area contributed by atoms with Gasteiger partial charge in [0.2, 0.25) is 0 Å². The van der Waals surface area contributed by atoms with Crippen LogP contribution < -0.4 is 0 Å². The monoisotopic (exact) mass is 284 g/mol. The maximum Gasteiger partial charge on any atom is 0.336 e. The molecule has 0 fully saturated rings. The molecule has 100 valence electrons. The number of rotatable bonds is 6. The summed E-state index contributed by atoms with van der Waals surface area (Å²) in [4.78, 5) is 11.3. The molecule has 0 aliphatic carbocycles. The Morgan fingerprint density at radius 2 is 2.00 bits per heavy atom. The van der Waals surface area contributed by atoms with E-state index in [4.69, 9.17) is 0 Å². The van der Waals surface area contributed by atoms with E-state index >= 15 is 0 Å². The average molecular weight is 284 g/mol. The molecule has 0 saturated carbocycles. The first-order valence-electron chi connectivity index (χ1n) is 4.50. The number of hydrogen-bond acceptors (Lipinski definition) is 7. The molecule has 7 nitrogen and oxygen atoms in total. The number of carbonyl (C=O) groups is 1. The fraction of sp³-hybridized carbons (Fsp3) is 0.625. The molecule has 3 atom stereocenters. The van der Waals surface area contributed by atoms with Gasteiger partial charge in [0.25, 0.3) is 5.12 Å². The van der Waals surface area contributed by atoms with Gasteiger partial charge in [0.1, 0.15) is 0 Å². The number of ether oxygens (including phenoxy) is 1. The predicted octanol–water partition coefficient (Wildman–Crippen LogP) is -0.710. The van der Waals surface area contributed by atoms with Crippen molar-refractivity contribution in [3.8, 4) is 0 Å². The maximum absolute atomic E-state index is 11.3. The van der Waals surface area contributed by atoms with Gasteiger partial charge in [0.15, 0.2) is 0 Å². The van der Waals surface area contributed by atoms with Crippen molar-refractivity contribution in [2.24, 2.45) is 0 Å². The second kappa shape index (κ2) is 6.97. The summed E-state index contributed by atoms with van der Waals surface area (Å²) >= 11 is -6.17. The van der Waals surface area contributed by atoms with E-state index in [0.717, 1.165) is 0 Å². The standard InChI is InChI=1S/C8H14O7S2/c1-3-4-6(2)7(9)15-8(10,17(13)14)5-16(11)12/h4,10H,3,5H2,1-2H3,(H,11,12)(H,13,14)/p-2. The third-order valence-corrected chi connectivity index (χ3v) is 3.20. The quantitative estimate of drug-likeness (QED) is 0.295. The summed E-state index contributed by atoms with van der Waals surface area (Å²) in [5.41, 5.74) is 0.0769. The van der Waals surface area contributed by atoms with Crippen molar-refractivity contribution in [2.45, 2.75) is 25.4 Å². The van der Waals surface area contributed by atoms with E-state index in [1.807, 2.05) is 0 Å². The lowest BCUT2D eigenvalue weighted by Gasteiger charge is -2.30. The summed E-state index contributed by atoms with van der Waals surface area (Å²) in [5.74, 6) is -2.34. The van der Waals surface area contributed by atoms with E-state index in [1.54, 1.807) is 6.92 Å². The molecule has 17 heavy (non-hydrogen) atoms. The Kier molecular flexibility index (Phi) is 6.72. The zero-order valence-corrected chi connectivity index (χ0v) is 10.8. The van der Waals surface area contributed by atoms with E-state index in [2.05, 4.69) is 4.74 Å². The Morgan fingerprint density at radius 1 is 1.47 bits per heavy atom. The molecule has 0 aromatic heterocycles. The summed E-state index contributed by atoms with van der Waals surface area (Å²) in [6, 6.07) is 0. The largest absolute Gasteiger partial charge is 0.772 e. The van der Waals surface area contributed by atoms with Crippen LogP contribution in [0.2, 0.25) is 0 Å². The first-order chi connectivity index (χ1) is 7.73. The van der Waals surface area contributed by atoms with Gasteiger partial charge in [-0.1, -0.05) is 13.0 Å². The minimum absolute atomic E-state index is 0.0769. The van der Waals surface area contributed by atoms with Gasteiger partial charge in [0, 0.05) is 16.7 Å². The number of allylic oxidation sites excluding steroid dienone is 1. The minimum atomic E-state index is -3.29. The summed E-state index contributed by atoms with van der Waals surface area (Å²) in [6.07, 6.45) is 1.96. The normalized spacial score (nSPS) is 19.2. The molecule has 3 unspecified atom stereocenters. The molecule has 0 rings (SSSR count). The van der Waals surface area contributed by atoms with Crippen LogP contribution in [0.1, 0.15) is 20.3 Å². The predicted molar refractivity (Wildman–Crippen MR) is 57.8 cm³/mol. The number of esters is 1. The van der Waals surface area contributed by atoms with Gasteiger partial charge in [-0.25, -0.2) is 4.79 Å². The van der Waals surface area contributed by atoms with Gasteiger partial charge in [-0.3, -0.25) is 8.42 Å². The van der Waals surface area contributed by atoms with Crippen molar-refractivity contribution in [1.29, 1.82) is 0 Å². The molecule has 0 aromatic carbocycles. The van der Waals surface area contributed by atoms with E-state index < -0.39 is 39.0 Å². The van der Waals surface area contributed by atoms with E-state index in [0.29, 0.717) is 6.42 Å². The zero-order chi connectivity index (χ0) is 13.6. The minimum Gasteiger partial charge on any atom is -0.772 e. The fourth-order valence-electron chi connectivity index (χ4n) is 0.875. The smallest absolute Gasteiger partial charge is 0.336 e. The Balaban J connectivity index is 4.89. The second-order valence-corrected chi connectivity index (χ2v) is 5.08. The molecule has 0 radical (unpaired) electrons. The highest BCUT2D eigenvalue weighted by atomic mass is 32.2. The number of aliphatic hydroxyl groups is 1. The van der Waals surface area contributed by atoms with Crippen LogP contribution in [0, 0.1) is 0 Å². The van der Waals surface area contributed by atoms with Crippen LogP contribution in [-0.2, 0) is 31.7 Å². The van der Waals surface area contributed by atoms with Gasteiger partial charge in [-0.2, -0.15) is 0 Å². The number of carbonyl (C=O) groups excluding carboxylic acids is 1. The molecule has 9 heteroatoms. The number of hydrogen-bond donors (Lipinski definition) is 1. The van der Waals surface area contributed by atoms with Crippen LogP contribution in [-0.4, -0.2) is 39.5 Å². The molecular weight excluding hydrogens is 272 g/mol. The molecule has 0 saturated heterocycles. The fourth-order valence-corrected chi connectivity index (χ4v) is 2.05. The van der Waals surface area contributed by atoms with Gasteiger partial charge >= 0.3 is 5.97 Å². The third-order valence-electron chi connectivity index (χ3n) is 1.65. The van der Waals surface area contributed by atoms with Crippen molar-refractivity contribution in [2.75, 3.05) is 5.75 Å². The van der Waals surface area contributed by atoms with Crippen LogP contribution in [0.5, 0.6) is 0 Å². The highest BCUT2D eigenvalue weighted by molar-refractivity contribution is 7.83. The van der Waals surface area contributed by atoms with Gasteiger partial charge in [0.05, 0.1) is 5.75 Å². The molecule has 0 heterocycles. The maximum atomic E-state index is 11.3. The van der Waals surface area contributed by atoms with Crippen LogP contribution in [0.4, 0.5) is 0 Å². The van der Waals surface area contributed by atoms with Crippen LogP contribution in [0.3, 0.4) is 0 Å². The lowest BCUT2D eigenvalue weighted by Crippen LogP contribution is -2.44. The Bertz CT molecular complexity index is 365. The van der Waals surface area contributed by atoms with Crippen molar-refractivity contribution in [3.63, 3.8) is 0 Å². The molecular formula is C8H12O7S2-2. The van der Waals surface area contributed by atoms with E-state index in [1.165, 1.54) is 13.0 Å². The summed E-state index contributed by atoms with van der Waals surface area (Å²) in [5, 5.41) is 6.31. The lowest BCUT2D eigenvalue weighted by molar-refractivity contribution is -0.169. The van der Waals surface area contributed by atoms with Gasteiger partial charge in [-0.15, -0.1) is 0 Å². The zero-order valence-electron chi connectivity index (χ0n) is 9.20. The first kappa shape index (κ1) is 16.4. The highest BCUT2D eigenvalue weighted by Gasteiger charge is 2.34. The van der Waals surface area contributed by atoms with Crippen LogP contribution >= 0.6 is 0 Å². The van der Waals surface area contributed by atoms with E-state index in [9.17, 15) is 27.4 Å². The van der Waals surface area contributed by atoms with Crippen molar-refractivity contribution in [1.82, 2.24) is 0 Å². The second-order valence-electron chi connectivity index (χ2n) is 3.08. The highest BCUT2D eigenvalue weighted by Crippen LogP contribution is 2.15. The molecule has 0 amide bonds. The average Bonchev–Trinajstić information content (AvgIpc) is 2.16. The molecule has 0 spiro atoms. The van der Waals surface area contributed by atoms with Crippen LogP contribution in [0.15, 0.2) is 11.6 Å². The molecule has 0 aliphatic heterocycles. The first-order valence-corrected chi connectivity index (χ1v) is 6.82. The van der Waals surface area contributed by atoms with Crippen molar-refractivity contribution in [3.05, 3.63) is 11.6 Å². The summed E-state index contributed by atoms with van der Waals surface area (Å²) < 4.78 is 46.3. The van der Waals surface area contributed by atoms with Crippen molar-refractivity contribution < 1.29 is 32.2 Å². The topological polar surface area (TPSA) is 127 Å². The van der Waals surface area contributed by atoms with Crippen molar-refractivity contribution >= 4 is 28.1 Å². The Morgan fingerprint density at radius 3 is 2.35 bits per heavy atom. The van der Waals surface area contributed by atoms with E-state index in [-0.39, 0.29) is 5.57 Å². The molecule has 0 aliphatic rings. The summed E-state index contributed by atoms with van der Waals surface area (Å²) in [7, 11) is 0. The third kappa shape index (κ3) is 5.50.